The number of hydrogen-bond acceptors (Lipinski definition) is 2. The van der Waals surface area contributed by atoms with Crippen LogP contribution in [0.2, 0.25) is 0 Å². The molecular weight excluding hydrogens is 212 g/mol. The van der Waals surface area contributed by atoms with Crippen LogP contribution >= 0.6 is 0 Å². The number of hydrogen-bond donors (Lipinski definition) is 2. The van der Waals surface area contributed by atoms with Crippen LogP contribution < -0.4 is 5.32 Å². The Morgan fingerprint density at radius 3 is 2.56 bits per heavy atom. The van der Waals surface area contributed by atoms with Crippen molar-refractivity contribution in [1.82, 2.24) is 5.32 Å². The molecule has 0 amide bonds. The van der Waals surface area contributed by atoms with E-state index in [4.69, 9.17) is 5.11 Å². The van der Waals surface area contributed by atoms with Gasteiger partial charge in [-0.15, -0.1) is 0 Å². The minimum Gasteiger partial charge on any atom is -0.395 e. The van der Waals surface area contributed by atoms with Gasteiger partial charge in [0.1, 0.15) is 0 Å². The summed E-state index contributed by atoms with van der Waals surface area (Å²) in [5, 5.41) is 12.1. The van der Waals surface area contributed by atoms with Gasteiger partial charge in [-0.2, -0.15) is 0 Å². The first-order chi connectivity index (χ1) is 7.56. The van der Waals surface area contributed by atoms with Crippen LogP contribution in [0.3, 0.4) is 0 Å². The standard InChI is InChI=1S/C12H17F2NO/c1-8(2)11(7-16)15-6-9-4-3-5-10(13)12(9)14/h3-5,8,11,15-16H,6-7H2,1-2H3. The maximum atomic E-state index is 13.3. The van der Waals surface area contributed by atoms with Gasteiger partial charge in [0.2, 0.25) is 0 Å². The Kier molecular flexibility index (Phi) is 4.83. The summed E-state index contributed by atoms with van der Waals surface area (Å²) >= 11 is 0. The van der Waals surface area contributed by atoms with E-state index in [2.05, 4.69) is 5.32 Å². The van der Waals surface area contributed by atoms with Crippen LogP contribution in [0.1, 0.15) is 19.4 Å². The molecule has 0 aliphatic heterocycles. The van der Waals surface area contributed by atoms with Gasteiger partial charge in [0.25, 0.3) is 0 Å². The molecule has 16 heavy (non-hydrogen) atoms. The maximum absolute atomic E-state index is 13.3. The molecule has 2 nitrogen and oxygen atoms in total. The van der Waals surface area contributed by atoms with Gasteiger partial charge in [-0.25, -0.2) is 8.78 Å². The van der Waals surface area contributed by atoms with E-state index in [1.807, 2.05) is 13.8 Å². The summed E-state index contributed by atoms with van der Waals surface area (Å²) in [6, 6.07) is 3.98. The predicted molar refractivity (Wildman–Crippen MR) is 58.9 cm³/mol. The summed E-state index contributed by atoms with van der Waals surface area (Å²) < 4.78 is 26.2. The lowest BCUT2D eigenvalue weighted by Crippen LogP contribution is -2.36. The third-order valence-electron chi connectivity index (χ3n) is 2.59. The third kappa shape index (κ3) is 3.25. The fourth-order valence-corrected chi connectivity index (χ4v) is 1.44. The van der Waals surface area contributed by atoms with E-state index < -0.39 is 11.6 Å². The predicted octanol–water partition coefficient (Wildman–Crippen LogP) is 2.07. The number of rotatable bonds is 5. The lowest BCUT2D eigenvalue weighted by molar-refractivity contribution is 0.209. The lowest BCUT2D eigenvalue weighted by atomic mass is 10.0. The molecule has 2 N–H and O–H groups in total. The van der Waals surface area contributed by atoms with Crippen LogP contribution in [0.5, 0.6) is 0 Å². The SMILES string of the molecule is CC(C)C(CO)NCc1cccc(F)c1F. The number of aliphatic hydroxyl groups excluding tert-OH is 1. The molecule has 0 bridgehead atoms. The monoisotopic (exact) mass is 229 g/mol. The van der Waals surface area contributed by atoms with Crippen molar-refractivity contribution in [3.63, 3.8) is 0 Å². The molecule has 4 heteroatoms. The zero-order valence-corrected chi connectivity index (χ0v) is 9.50. The van der Waals surface area contributed by atoms with Crippen LogP contribution in [-0.4, -0.2) is 17.8 Å². The van der Waals surface area contributed by atoms with Crippen LogP contribution in [0, 0.1) is 17.6 Å². The van der Waals surface area contributed by atoms with Gasteiger partial charge in [-0.05, 0) is 12.0 Å². The van der Waals surface area contributed by atoms with Gasteiger partial charge >= 0.3 is 0 Å². The fraction of sp³-hybridized carbons (Fsp3) is 0.500. The molecule has 0 spiro atoms. The summed E-state index contributed by atoms with van der Waals surface area (Å²) in [5.74, 6) is -1.43. The Morgan fingerprint density at radius 2 is 2.00 bits per heavy atom. The fourth-order valence-electron chi connectivity index (χ4n) is 1.44. The highest BCUT2D eigenvalue weighted by atomic mass is 19.2. The van der Waals surface area contributed by atoms with Crippen LogP contribution in [0.4, 0.5) is 8.78 Å². The molecule has 0 saturated heterocycles. The zero-order valence-electron chi connectivity index (χ0n) is 9.50. The molecule has 90 valence electrons. The molecule has 0 aromatic heterocycles. The highest BCUT2D eigenvalue weighted by Gasteiger charge is 2.13. The number of halogens is 2. The Morgan fingerprint density at radius 1 is 1.31 bits per heavy atom. The number of nitrogens with one attached hydrogen (secondary N) is 1. The summed E-state index contributed by atoms with van der Waals surface area (Å²) in [5.41, 5.74) is 0.277. The van der Waals surface area contributed by atoms with Crippen molar-refractivity contribution >= 4 is 0 Å². The maximum Gasteiger partial charge on any atom is 0.163 e. The first kappa shape index (κ1) is 13.1. The van der Waals surface area contributed by atoms with E-state index in [9.17, 15) is 8.78 Å². The van der Waals surface area contributed by atoms with Crippen LogP contribution in [0.15, 0.2) is 18.2 Å². The summed E-state index contributed by atoms with van der Waals surface area (Å²) in [4.78, 5) is 0. The van der Waals surface area contributed by atoms with Crippen molar-refractivity contribution in [1.29, 1.82) is 0 Å². The van der Waals surface area contributed by atoms with Crippen molar-refractivity contribution in [3.05, 3.63) is 35.4 Å². The second kappa shape index (κ2) is 5.92. The number of aliphatic hydroxyl groups is 1. The van der Waals surface area contributed by atoms with Gasteiger partial charge < -0.3 is 10.4 Å². The van der Waals surface area contributed by atoms with E-state index in [0.717, 1.165) is 6.07 Å². The molecule has 0 aliphatic carbocycles. The van der Waals surface area contributed by atoms with Gasteiger partial charge in [0.15, 0.2) is 11.6 Å². The summed E-state index contributed by atoms with van der Waals surface area (Å²) in [6.45, 7) is 4.10. The van der Waals surface area contributed by atoms with Crippen molar-refractivity contribution in [3.8, 4) is 0 Å². The van der Waals surface area contributed by atoms with E-state index in [1.54, 1.807) is 0 Å². The average Bonchev–Trinajstić information content (AvgIpc) is 2.24. The minimum absolute atomic E-state index is 0.0192. The van der Waals surface area contributed by atoms with Crippen LogP contribution in [-0.2, 0) is 6.54 Å². The second-order valence-electron chi connectivity index (χ2n) is 4.13. The topological polar surface area (TPSA) is 32.3 Å². The summed E-state index contributed by atoms with van der Waals surface area (Å²) in [7, 11) is 0. The minimum atomic E-state index is -0.843. The Labute approximate surface area is 94.3 Å². The van der Waals surface area contributed by atoms with Gasteiger partial charge in [0.05, 0.1) is 6.61 Å². The molecule has 1 aromatic carbocycles. The molecule has 0 heterocycles. The smallest absolute Gasteiger partial charge is 0.163 e. The zero-order chi connectivity index (χ0) is 12.1. The Hall–Kier alpha value is -1.00. The third-order valence-corrected chi connectivity index (χ3v) is 2.59. The van der Waals surface area contributed by atoms with Crippen molar-refractivity contribution in [2.75, 3.05) is 6.61 Å². The Balaban J connectivity index is 2.64. The van der Waals surface area contributed by atoms with Gasteiger partial charge in [-0.3, -0.25) is 0 Å². The molecule has 0 aliphatic rings. The summed E-state index contributed by atoms with van der Waals surface area (Å²) in [6.07, 6.45) is 0. The molecule has 0 radical (unpaired) electrons. The molecule has 0 fully saturated rings. The van der Waals surface area contributed by atoms with Gasteiger partial charge in [-0.1, -0.05) is 26.0 Å². The highest BCUT2D eigenvalue weighted by molar-refractivity contribution is 5.18. The molecule has 1 rings (SSSR count). The first-order valence-corrected chi connectivity index (χ1v) is 5.33. The van der Waals surface area contributed by atoms with Crippen molar-refractivity contribution < 1.29 is 13.9 Å². The average molecular weight is 229 g/mol. The van der Waals surface area contributed by atoms with E-state index in [1.165, 1.54) is 12.1 Å². The van der Waals surface area contributed by atoms with E-state index >= 15 is 0 Å². The molecule has 1 unspecified atom stereocenters. The molecule has 1 aromatic rings. The first-order valence-electron chi connectivity index (χ1n) is 5.33. The highest BCUT2D eigenvalue weighted by Crippen LogP contribution is 2.11. The lowest BCUT2D eigenvalue weighted by Gasteiger charge is -2.20. The van der Waals surface area contributed by atoms with Crippen LogP contribution in [0.25, 0.3) is 0 Å². The normalized spacial score (nSPS) is 13.1. The van der Waals surface area contributed by atoms with E-state index in [-0.39, 0.29) is 30.7 Å². The molecule has 0 saturated carbocycles. The molecule has 1 atom stereocenters. The Bertz CT molecular complexity index is 342. The quantitative estimate of drug-likeness (QED) is 0.810. The largest absolute Gasteiger partial charge is 0.395 e. The van der Waals surface area contributed by atoms with Crippen molar-refractivity contribution in [2.45, 2.75) is 26.4 Å². The second-order valence-corrected chi connectivity index (χ2v) is 4.13. The van der Waals surface area contributed by atoms with E-state index in [0.29, 0.717) is 0 Å². The van der Waals surface area contributed by atoms with Gasteiger partial charge in [0, 0.05) is 18.2 Å². The molecular formula is C12H17F2NO. The van der Waals surface area contributed by atoms with Crippen molar-refractivity contribution in [2.24, 2.45) is 5.92 Å². The number of benzene rings is 1.